The molecular formula is C19H18BrN3OS. The quantitative estimate of drug-likeness (QED) is 0.604. The third-order valence-electron chi connectivity index (χ3n) is 3.56. The number of carbonyl (C=O) groups excluding carboxylic acids is 1. The lowest BCUT2D eigenvalue weighted by molar-refractivity contribution is -0.114. The summed E-state index contributed by atoms with van der Waals surface area (Å²) in [5.41, 5.74) is 3.30. The third-order valence-corrected chi connectivity index (χ3v) is 5.00. The maximum absolute atomic E-state index is 12.1. The number of thiazole rings is 1. The van der Waals surface area contributed by atoms with Gasteiger partial charge in [-0.3, -0.25) is 4.79 Å². The molecular weight excluding hydrogens is 398 g/mol. The first-order chi connectivity index (χ1) is 12.1. The predicted molar refractivity (Wildman–Crippen MR) is 107 cm³/mol. The van der Waals surface area contributed by atoms with Gasteiger partial charge in [0.15, 0.2) is 5.13 Å². The van der Waals surface area contributed by atoms with Gasteiger partial charge in [-0.1, -0.05) is 40.2 Å². The van der Waals surface area contributed by atoms with Crippen LogP contribution in [0.15, 0.2) is 59.2 Å². The van der Waals surface area contributed by atoms with Crippen molar-refractivity contribution in [3.63, 3.8) is 0 Å². The van der Waals surface area contributed by atoms with Gasteiger partial charge < -0.3 is 10.6 Å². The molecule has 0 fully saturated rings. The van der Waals surface area contributed by atoms with Crippen molar-refractivity contribution in [3.8, 4) is 0 Å². The lowest BCUT2D eigenvalue weighted by Crippen LogP contribution is -2.21. The van der Waals surface area contributed by atoms with E-state index in [2.05, 4.69) is 43.7 Å². The fourth-order valence-electron chi connectivity index (χ4n) is 2.35. The first-order valence-electron chi connectivity index (χ1n) is 7.88. The van der Waals surface area contributed by atoms with Crippen LogP contribution in [0, 0.1) is 6.92 Å². The Morgan fingerprint density at radius 2 is 2.00 bits per heavy atom. The minimum Gasteiger partial charge on any atom is -0.376 e. The highest BCUT2D eigenvalue weighted by molar-refractivity contribution is 9.10. The monoisotopic (exact) mass is 415 g/mol. The van der Waals surface area contributed by atoms with Crippen LogP contribution in [0.25, 0.3) is 0 Å². The van der Waals surface area contributed by atoms with Crippen LogP contribution in [0.1, 0.15) is 16.0 Å². The molecule has 0 unspecified atom stereocenters. The molecule has 2 N–H and O–H groups in total. The number of rotatable bonds is 6. The van der Waals surface area contributed by atoms with Crippen molar-refractivity contribution < 1.29 is 4.79 Å². The van der Waals surface area contributed by atoms with Gasteiger partial charge in [-0.05, 0) is 42.3 Å². The maximum Gasteiger partial charge on any atom is 0.245 e. The summed E-state index contributed by atoms with van der Waals surface area (Å²) in [5, 5.41) is 6.59. The van der Waals surface area contributed by atoms with E-state index in [9.17, 15) is 4.79 Å². The van der Waals surface area contributed by atoms with Crippen molar-refractivity contribution in [1.29, 1.82) is 0 Å². The molecule has 1 heterocycles. The summed E-state index contributed by atoms with van der Waals surface area (Å²) in [5.74, 6) is -0.106. The molecule has 0 aliphatic carbocycles. The molecule has 0 spiro atoms. The van der Waals surface area contributed by atoms with E-state index in [0.717, 1.165) is 27.0 Å². The Balaban J connectivity index is 1.52. The number of hydrogen-bond donors (Lipinski definition) is 2. The molecule has 6 heteroatoms. The average Bonchev–Trinajstić information content (AvgIpc) is 3.02. The summed E-state index contributed by atoms with van der Waals surface area (Å²) in [6.07, 6.45) is 2.62. The summed E-state index contributed by atoms with van der Waals surface area (Å²) in [4.78, 5) is 17.5. The lowest BCUT2D eigenvalue weighted by Gasteiger charge is -2.06. The third kappa shape index (κ3) is 5.41. The fraction of sp³-hybridized carbons (Fsp3) is 0.158. The molecule has 25 heavy (non-hydrogen) atoms. The Bertz CT molecular complexity index is 861. The molecule has 4 nitrogen and oxygen atoms in total. The van der Waals surface area contributed by atoms with Crippen molar-refractivity contribution in [2.45, 2.75) is 13.3 Å². The molecule has 0 atom stereocenters. The molecule has 0 aliphatic rings. The second-order valence-corrected chi connectivity index (χ2v) is 7.74. The molecule has 0 aliphatic heterocycles. The smallest absolute Gasteiger partial charge is 0.245 e. The van der Waals surface area contributed by atoms with Gasteiger partial charge in [-0.15, -0.1) is 11.3 Å². The zero-order chi connectivity index (χ0) is 17.6. The number of carbonyl (C=O) groups is 1. The van der Waals surface area contributed by atoms with Crippen LogP contribution in [0.5, 0.6) is 0 Å². The average molecular weight is 416 g/mol. The SMILES string of the molecule is Cc1cccc(NCC(=O)Nc2ncc(Cc3ccc(Br)cc3)s2)c1. The van der Waals surface area contributed by atoms with Crippen LogP contribution < -0.4 is 10.6 Å². The second-order valence-electron chi connectivity index (χ2n) is 5.71. The molecule has 3 aromatic rings. The van der Waals surface area contributed by atoms with Crippen molar-refractivity contribution in [3.05, 3.63) is 75.2 Å². The van der Waals surface area contributed by atoms with E-state index < -0.39 is 0 Å². The topological polar surface area (TPSA) is 54.0 Å². The van der Waals surface area contributed by atoms with E-state index in [1.165, 1.54) is 16.9 Å². The van der Waals surface area contributed by atoms with Crippen LogP contribution in [0.2, 0.25) is 0 Å². The highest BCUT2D eigenvalue weighted by Gasteiger charge is 2.07. The van der Waals surface area contributed by atoms with Gasteiger partial charge in [-0.2, -0.15) is 0 Å². The van der Waals surface area contributed by atoms with Crippen molar-refractivity contribution in [2.24, 2.45) is 0 Å². The first-order valence-corrected chi connectivity index (χ1v) is 9.49. The zero-order valence-electron chi connectivity index (χ0n) is 13.8. The molecule has 3 rings (SSSR count). The van der Waals surface area contributed by atoms with E-state index in [0.29, 0.717) is 5.13 Å². The van der Waals surface area contributed by atoms with Gasteiger partial charge in [0.1, 0.15) is 0 Å². The van der Waals surface area contributed by atoms with Crippen molar-refractivity contribution >= 4 is 44.0 Å². The summed E-state index contributed by atoms with van der Waals surface area (Å²) in [6, 6.07) is 16.1. The van der Waals surface area contributed by atoms with Crippen LogP contribution in [0.4, 0.5) is 10.8 Å². The van der Waals surface area contributed by atoms with Gasteiger partial charge in [0.25, 0.3) is 0 Å². The highest BCUT2D eigenvalue weighted by atomic mass is 79.9. The Morgan fingerprint density at radius 1 is 1.20 bits per heavy atom. The second kappa shape index (κ2) is 8.27. The number of nitrogens with one attached hydrogen (secondary N) is 2. The fourth-order valence-corrected chi connectivity index (χ4v) is 3.48. The molecule has 1 amide bonds. The number of hydrogen-bond acceptors (Lipinski definition) is 4. The summed E-state index contributed by atoms with van der Waals surface area (Å²) in [6.45, 7) is 2.23. The van der Waals surface area contributed by atoms with Crippen LogP contribution >= 0.6 is 27.3 Å². The molecule has 0 radical (unpaired) electrons. The first kappa shape index (κ1) is 17.6. The number of benzene rings is 2. The van der Waals surface area contributed by atoms with Crippen molar-refractivity contribution in [2.75, 3.05) is 17.2 Å². The Hall–Kier alpha value is -2.18. The number of nitrogens with zero attached hydrogens (tertiary/aromatic N) is 1. The summed E-state index contributed by atoms with van der Waals surface area (Å²) < 4.78 is 1.06. The largest absolute Gasteiger partial charge is 0.376 e. The maximum atomic E-state index is 12.1. The van der Waals surface area contributed by atoms with Crippen LogP contribution in [-0.4, -0.2) is 17.4 Å². The standard InChI is InChI=1S/C19H18BrN3OS/c1-13-3-2-4-16(9-13)21-12-18(24)23-19-22-11-17(25-19)10-14-5-7-15(20)8-6-14/h2-9,11,21H,10,12H2,1H3,(H,22,23,24). The number of aryl methyl sites for hydroxylation is 1. The molecule has 0 saturated heterocycles. The number of halogens is 1. The Kier molecular flexibility index (Phi) is 5.83. The molecule has 0 saturated carbocycles. The lowest BCUT2D eigenvalue weighted by atomic mass is 10.1. The molecule has 2 aromatic carbocycles. The van der Waals surface area contributed by atoms with Gasteiger partial charge in [0.05, 0.1) is 6.54 Å². The highest BCUT2D eigenvalue weighted by Crippen LogP contribution is 2.22. The van der Waals surface area contributed by atoms with Gasteiger partial charge in [-0.25, -0.2) is 4.98 Å². The number of amides is 1. The summed E-state index contributed by atoms with van der Waals surface area (Å²) in [7, 11) is 0. The van der Waals surface area contributed by atoms with Crippen LogP contribution in [-0.2, 0) is 11.2 Å². The van der Waals surface area contributed by atoms with E-state index in [1.807, 2.05) is 49.5 Å². The molecule has 0 bridgehead atoms. The van der Waals surface area contributed by atoms with Gasteiger partial charge in [0, 0.05) is 27.7 Å². The minimum absolute atomic E-state index is 0.106. The van der Waals surface area contributed by atoms with E-state index in [1.54, 1.807) is 0 Å². The summed E-state index contributed by atoms with van der Waals surface area (Å²) >= 11 is 4.94. The van der Waals surface area contributed by atoms with E-state index in [-0.39, 0.29) is 12.5 Å². The number of anilines is 2. The van der Waals surface area contributed by atoms with Gasteiger partial charge >= 0.3 is 0 Å². The van der Waals surface area contributed by atoms with Crippen molar-refractivity contribution in [1.82, 2.24) is 4.98 Å². The number of aromatic nitrogens is 1. The normalized spacial score (nSPS) is 10.5. The Morgan fingerprint density at radius 3 is 2.76 bits per heavy atom. The van der Waals surface area contributed by atoms with Crippen LogP contribution in [0.3, 0.4) is 0 Å². The predicted octanol–water partition coefficient (Wildman–Crippen LogP) is 4.86. The van der Waals surface area contributed by atoms with E-state index in [4.69, 9.17) is 0 Å². The molecule has 128 valence electrons. The van der Waals surface area contributed by atoms with Gasteiger partial charge in [0.2, 0.25) is 5.91 Å². The molecule has 1 aromatic heterocycles. The minimum atomic E-state index is -0.106. The Labute approximate surface area is 159 Å². The van der Waals surface area contributed by atoms with E-state index >= 15 is 0 Å². The zero-order valence-corrected chi connectivity index (χ0v) is 16.2.